The van der Waals surface area contributed by atoms with E-state index in [0.29, 0.717) is 17.3 Å². The molecule has 2 atom stereocenters. The Morgan fingerprint density at radius 1 is 1.23 bits per heavy atom. The number of carbonyl (C=O) groups is 1. The van der Waals surface area contributed by atoms with Crippen molar-refractivity contribution in [2.24, 2.45) is 5.92 Å². The number of fused-ring (bicyclic) bond motifs is 3. The average Bonchev–Trinajstić information content (AvgIpc) is 2.81. The summed E-state index contributed by atoms with van der Waals surface area (Å²) < 4.78 is 8.66. The smallest absolute Gasteiger partial charge is 0.327 e. The SMILES string of the molecule is CN(C(=O)NSc1ccc([N+](=O)[O-])cc1)C1c2c(ccc3ccccc23)OCC1CO. The number of nitrogens with zero attached hydrogens (tertiary/aromatic N) is 2. The Morgan fingerprint density at radius 3 is 2.68 bits per heavy atom. The molecule has 0 fully saturated rings. The first kappa shape index (κ1) is 21.0. The fraction of sp³-hybridized carbons (Fsp3) is 0.227. The summed E-state index contributed by atoms with van der Waals surface area (Å²) in [6, 6.07) is 17.0. The first-order chi connectivity index (χ1) is 15.0. The zero-order valence-electron chi connectivity index (χ0n) is 16.7. The maximum atomic E-state index is 13.0. The molecule has 2 N–H and O–H groups in total. The van der Waals surface area contributed by atoms with Crippen LogP contribution in [0.3, 0.4) is 0 Å². The minimum atomic E-state index is -0.469. The summed E-state index contributed by atoms with van der Waals surface area (Å²) in [7, 11) is 1.69. The molecule has 160 valence electrons. The highest BCUT2D eigenvalue weighted by molar-refractivity contribution is 7.98. The van der Waals surface area contributed by atoms with Gasteiger partial charge in [0, 0.05) is 35.6 Å². The summed E-state index contributed by atoms with van der Waals surface area (Å²) in [6.07, 6.45) is 0. The molecule has 0 saturated carbocycles. The number of aliphatic hydroxyl groups excluding tert-OH is 1. The van der Waals surface area contributed by atoms with Crippen LogP contribution in [0.15, 0.2) is 65.6 Å². The molecule has 0 saturated heterocycles. The van der Waals surface area contributed by atoms with Crippen LogP contribution < -0.4 is 9.46 Å². The van der Waals surface area contributed by atoms with Crippen molar-refractivity contribution in [2.75, 3.05) is 20.3 Å². The van der Waals surface area contributed by atoms with Crippen molar-refractivity contribution in [2.45, 2.75) is 10.9 Å². The third kappa shape index (κ3) is 4.14. The lowest BCUT2D eigenvalue weighted by Gasteiger charge is -2.39. The summed E-state index contributed by atoms with van der Waals surface area (Å²) in [5.74, 6) is 0.425. The lowest BCUT2D eigenvalue weighted by Crippen LogP contribution is -2.44. The molecule has 1 aliphatic rings. The van der Waals surface area contributed by atoms with Crippen molar-refractivity contribution in [1.29, 1.82) is 0 Å². The molecule has 2 unspecified atom stereocenters. The summed E-state index contributed by atoms with van der Waals surface area (Å²) in [5.41, 5.74) is 0.866. The van der Waals surface area contributed by atoms with E-state index in [9.17, 15) is 20.0 Å². The van der Waals surface area contributed by atoms with Crippen LogP contribution in [0, 0.1) is 16.0 Å². The monoisotopic (exact) mass is 439 g/mol. The molecule has 3 aromatic rings. The van der Waals surface area contributed by atoms with Gasteiger partial charge in [-0.25, -0.2) is 4.79 Å². The number of nitro benzene ring substituents is 1. The number of aliphatic hydroxyl groups is 1. The van der Waals surface area contributed by atoms with E-state index >= 15 is 0 Å². The van der Waals surface area contributed by atoms with Crippen molar-refractivity contribution in [3.8, 4) is 5.75 Å². The van der Waals surface area contributed by atoms with Gasteiger partial charge in [-0.2, -0.15) is 0 Å². The number of urea groups is 1. The van der Waals surface area contributed by atoms with E-state index in [0.717, 1.165) is 28.3 Å². The molecular formula is C22H21N3O5S. The molecule has 8 nitrogen and oxygen atoms in total. The molecule has 0 spiro atoms. The van der Waals surface area contributed by atoms with Crippen molar-refractivity contribution in [1.82, 2.24) is 9.62 Å². The number of rotatable bonds is 5. The molecule has 2 amide bonds. The molecule has 3 aromatic carbocycles. The van der Waals surface area contributed by atoms with Gasteiger partial charge in [0.05, 0.1) is 24.2 Å². The third-order valence-electron chi connectivity index (χ3n) is 5.40. The zero-order chi connectivity index (χ0) is 22.0. The predicted molar refractivity (Wildman–Crippen MR) is 118 cm³/mol. The Bertz CT molecular complexity index is 1120. The maximum absolute atomic E-state index is 13.0. The van der Waals surface area contributed by atoms with Gasteiger partial charge in [0.2, 0.25) is 0 Å². The van der Waals surface area contributed by atoms with E-state index in [1.54, 1.807) is 24.1 Å². The number of hydrogen-bond acceptors (Lipinski definition) is 6. The van der Waals surface area contributed by atoms with Gasteiger partial charge in [0.15, 0.2) is 0 Å². The number of nitrogens with one attached hydrogen (secondary N) is 1. The van der Waals surface area contributed by atoms with Crippen LogP contribution in [-0.4, -0.2) is 41.2 Å². The Kier molecular flexibility index (Phi) is 5.97. The first-order valence-electron chi connectivity index (χ1n) is 9.69. The normalized spacial score (nSPS) is 17.5. The first-order valence-corrected chi connectivity index (χ1v) is 10.5. The number of benzene rings is 3. The lowest BCUT2D eigenvalue weighted by molar-refractivity contribution is -0.384. The molecule has 0 bridgehead atoms. The summed E-state index contributed by atoms with van der Waals surface area (Å²) in [4.78, 5) is 25.5. The molecule has 0 aliphatic carbocycles. The number of hydrogen-bond donors (Lipinski definition) is 2. The van der Waals surface area contributed by atoms with Crippen LogP contribution in [0.2, 0.25) is 0 Å². The largest absolute Gasteiger partial charge is 0.493 e. The van der Waals surface area contributed by atoms with Crippen LogP contribution in [0.1, 0.15) is 11.6 Å². The van der Waals surface area contributed by atoms with Gasteiger partial charge in [-0.1, -0.05) is 30.3 Å². The van der Waals surface area contributed by atoms with Gasteiger partial charge in [-0.3, -0.25) is 14.8 Å². The Balaban J connectivity index is 1.58. The highest BCUT2D eigenvalue weighted by atomic mass is 32.2. The van der Waals surface area contributed by atoms with Crippen molar-refractivity contribution in [3.63, 3.8) is 0 Å². The zero-order valence-corrected chi connectivity index (χ0v) is 17.5. The van der Waals surface area contributed by atoms with Gasteiger partial charge < -0.3 is 14.7 Å². The molecule has 1 heterocycles. The molecule has 0 radical (unpaired) electrons. The summed E-state index contributed by atoms with van der Waals surface area (Å²) >= 11 is 1.08. The van der Waals surface area contributed by atoms with Crippen LogP contribution in [0.4, 0.5) is 10.5 Å². The minimum Gasteiger partial charge on any atom is -0.493 e. The molecular weight excluding hydrogens is 418 g/mol. The highest BCUT2D eigenvalue weighted by Crippen LogP contribution is 2.43. The number of nitro groups is 1. The topological polar surface area (TPSA) is 105 Å². The van der Waals surface area contributed by atoms with Crippen LogP contribution in [-0.2, 0) is 0 Å². The fourth-order valence-electron chi connectivity index (χ4n) is 3.83. The standard InChI is InChI=1S/C22H21N3O5S/c1-24(22(27)23-31-17-9-7-16(8-10-17)25(28)29)21-15(12-26)13-30-19-11-6-14-4-2-3-5-18(14)20(19)21/h2-11,15,21,26H,12-13H2,1H3,(H,23,27). The molecule has 31 heavy (non-hydrogen) atoms. The van der Waals surface area contributed by atoms with Gasteiger partial charge in [0.1, 0.15) is 5.75 Å². The fourth-order valence-corrected chi connectivity index (χ4v) is 4.45. The van der Waals surface area contributed by atoms with Crippen LogP contribution in [0.5, 0.6) is 5.75 Å². The van der Waals surface area contributed by atoms with E-state index in [4.69, 9.17) is 4.74 Å². The third-order valence-corrected chi connectivity index (χ3v) is 6.19. The van der Waals surface area contributed by atoms with E-state index in [1.165, 1.54) is 12.1 Å². The molecule has 0 aromatic heterocycles. The molecule has 1 aliphatic heterocycles. The van der Waals surface area contributed by atoms with Gasteiger partial charge >= 0.3 is 6.03 Å². The quantitative estimate of drug-likeness (QED) is 0.352. The average molecular weight is 439 g/mol. The highest BCUT2D eigenvalue weighted by Gasteiger charge is 2.37. The number of amides is 2. The van der Waals surface area contributed by atoms with Crippen molar-refractivity contribution < 1.29 is 19.6 Å². The van der Waals surface area contributed by atoms with Gasteiger partial charge in [-0.05, 0) is 40.9 Å². The second-order valence-electron chi connectivity index (χ2n) is 7.27. The molecule has 4 rings (SSSR count). The second kappa shape index (κ2) is 8.83. The number of ether oxygens (including phenoxy) is 1. The Hall–Kier alpha value is -3.30. The number of non-ortho nitro benzene ring substituents is 1. The number of carbonyl (C=O) groups excluding carboxylic acids is 1. The van der Waals surface area contributed by atoms with Crippen molar-refractivity contribution >= 4 is 34.4 Å². The second-order valence-corrected chi connectivity index (χ2v) is 8.15. The molecule has 9 heteroatoms. The van der Waals surface area contributed by atoms with E-state index in [-0.39, 0.29) is 30.3 Å². The maximum Gasteiger partial charge on any atom is 0.327 e. The van der Waals surface area contributed by atoms with Gasteiger partial charge in [-0.15, -0.1) is 0 Å². The van der Waals surface area contributed by atoms with Crippen molar-refractivity contribution in [3.05, 3.63) is 76.3 Å². The van der Waals surface area contributed by atoms with Crippen LogP contribution >= 0.6 is 11.9 Å². The Morgan fingerprint density at radius 2 is 1.97 bits per heavy atom. The van der Waals surface area contributed by atoms with E-state index in [2.05, 4.69) is 4.72 Å². The predicted octanol–water partition coefficient (Wildman–Crippen LogP) is 4.14. The summed E-state index contributed by atoms with van der Waals surface area (Å²) in [6.45, 7) is 0.181. The van der Waals surface area contributed by atoms with Crippen LogP contribution in [0.25, 0.3) is 10.8 Å². The van der Waals surface area contributed by atoms with E-state index in [1.807, 2.05) is 36.4 Å². The lowest BCUT2D eigenvalue weighted by atomic mass is 9.87. The van der Waals surface area contributed by atoms with Gasteiger partial charge in [0.25, 0.3) is 5.69 Å². The minimum absolute atomic E-state index is 0.00993. The van der Waals surface area contributed by atoms with E-state index < -0.39 is 4.92 Å². The Labute approximate surface area is 183 Å². The summed E-state index contributed by atoms with van der Waals surface area (Å²) in [5, 5.41) is 22.8.